The molecule has 0 bridgehead atoms. The smallest absolute Gasteiger partial charge is 0.303 e. The summed E-state index contributed by atoms with van der Waals surface area (Å²) in [6, 6.07) is 7.11. The number of hydrogen-bond donors (Lipinski definition) is 9. The molecule has 0 amide bonds. The summed E-state index contributed by atoms with van der Waals surface area (Å²) in [5.74, 6) is -3.22. The van der Waals surface area contributed by atoms with Gasteiger partial charge in [0, 0.05) is 31.0 Å². The SMILES string of the molecule is COc1ccc(-c2oc3c(CC=C(C)C)c(OC4OC(CO)C(O)C(O)C4O)cc(O)c3c(=O)c2OC2OC(C)C(OC(C)=O)C(O)C2OC2OC(CO)C(O)C(OC(C)=O)C2O)cc1. The number of benzene rings is 2. The Morgan fingerprint density at radius 2 is 1.34 bits per heavy atom. The quantitative estimate of drug-likeness (QED) is 0.0694. The van der Waals surface area contributed by atoms with E-state index in [1.54, 1.807) is 19.9 Å². The van der Waals surface area contributed by atoms with Gasteiger partial charge in [-0.3, -0.25) is 14.4 Å². The highest BCUT2D eigenvalue weighted by Crippen LogP contribution is 2.42. The van der Waals surface area contributed by atoms with Crippen molar-refractivity contribution in [1.82, 2.24) is 0 Å². The molecule has 0 aliphatic carbocycles. The number of aliphatic hydroxyl groups excluding tert-OH is 8. The number of fused-ring (bicyclic) bond motifs is 1. The normalized spacial score (nSPS) is 32.6. The number of rotatable bonds is 14. The van der Waals surface area contributed by atoms with Gasteiger partial charge >= 0.3 is 11.9 Å². The number of carbonyl (C=O) groups is 2. The van der Waals surface area contributed by atoms with Crippen LogP contribution in [0.25, 0.3) is 22.3 Å². The minimum atomic E-state index is -1.97. The van der Waals surface area contributed by atoms with Crippen LogP contribution in [0.15, 0.2) is 51.2 Å². The molecule has 358 valence electrons. The molecule has 22 heteroatoms. The van der Waals surface area contributed by atoms with Crippen molar-refractivity contribution >= 4 is 22.9 Å². The fraction of sp³-hybridized carbons (Fsp3) is 0.558. The van der Waals surface area contributed by atoms with Crippen molar-refractivity contribution in [3.8, 4) is 34.3 Å². The maximum Gasteiger partial charge on any atom is 0.303 e. The predicted molar refractivity (Wildman–Crippen MR) is 218 cm³/mol. The first kappa shape index (κ1) is 49.5. The van der Waals surface area contributed by atoms with Crippen LogP contribution >= 0.6 is 0 Å². The topological polar surface area (TPSA) is 329 Å². The van der Waals surface area contributed by atoms with Crippen LogP contribution in [0.5, 0.6) is 23.0 Å². The summed E-state index contributed by atoms with van der Waals surface area (Å²) in [5.41, 5.74) is -0.179. The molecule has 2 aromatic carbocycles. The van der Waals surface area contributed by atoms with Crippen molar-refractivity contribution < 1.29 is 103 Å². The lowest BCUT2D eigenvalue weighted by atomic mass is 9.97. The number of ether oxygens (including phenoxy) is 9. The van der Waals surface area contributed by atoms with E-state index >= 15 is 0 Å². The summed E-state index contributed by atoms with van der Waals surface area (Å²) in [4.78, 5) is 39.1. The van der Waals surface area contributed by atoms with Crippen LogP contribution in [0, 0.1) is 0 Å². The van der Waals surface area contributed by atoms with Crippen LogP contribution in [0.4, 0.5) is 0 Å². The van der Waals surface area contributed by atoms with E-state index in [9.17, 15) is 60.3 Å². The monoisotopic (exact) mass is 922 g/mol. The Bertz CT molecular complexity index is 2240. The van der Waals surface area contributed by atoms with E-state index in [2.05, 4.69) is 0 Å². The molecular formula is C43H54O22. The standard InChI is InChI=1S/C43H54O22/c1-16(2)7-12-22-24(60-41-32(53)31(52)28(49)25(14-44)61-41)13-23(48)27-30(51)39(36(63-37(22)27)20-8-10-21(56-6)11-9-20)64-43-40(33(54)35(17(3)57-43)58-18(4)46)65-42-34(55)38(59-19(5)47)29(50)26(15-45)62-42/h7-11,13,17,25-26,28-29,31-35,38,40-45,48-50,52-55H,12,14-15H2,1-6H3. The van der Waals surface area contributed by atoms with Gasteiger partial charge in [0.1, 0.15) is 77.0 Å². The largest absolute Gasteiger partial charge is 0.507 e. The van der Waals surface area contributed by atoms with Crippen molar-refractivity contribution in [1.29, 1.82) is 0 Å². The Kier molecular flexibility index (Phi) is 15.8. The Labute approximate surface area is 370 Å². The minimum Gasteiger partial charge on any atom is -0.507 e. The molecule has 1 aromatic heterocycles. The number of aliphatic hydroxyl groups is 8. The van der Waals surface area contributed by atoms with E-state index < -0.39 is 140 Å². The van der Waals surface area contributed by atoms with Crippen LogP contribution in [-0.2, 0) is 44.4 Å². The summed E-state index contributed by atoms with van der Waals surface area (Å²) in [5, 5.41) is 96.3. The first-order valence-electron chi connectivity index (χ1n) is 20.5. The van der Waals surface area contributed by atoms with Gasteiger partial charge < -0.3 is 93.0 Å². The molecule has 3 aliphatic rings. The Morgan fingerprint density at radius 3 is 1.94 bits per heavy atom. The van der Waals surface area contributed by atoms with E-state index in [1.807, 2.05) is 0 Å². The first-order valence-corrected chi connectivity index (χ1v) is 20.5. The maximum absolute atomic E-state index is 15.0. The molecular weight excluding hydrogens is 868 g/mol. The lowest BCUT2D eigenvalue weighted by Crippen LogP contribution is -2.65. The van der Waals surface area contributed by atoms with Crippen LogP contribution in [0.2, 0.25) is 0 Å². The van der Waals surface area contributed by atoms with Crippen LogP contribution in [0.1, 0.15) is 40.2 Å². The molecule has 3 fully saturated rings. The van der Waals surface area contributed by atoms with Crippen molar-refractivity contribution in [3.05, 3.63) is 57.8 Å². The Balaban J connectivity index is 1.52. The Morgan fingerprint density at radius 1 is 0.723 bits per heavy atom. The summed E-state index contributed by atoms with van der Waals surface area (Å²) in [6.07, 6.45) is -23.8. The number of phenolic OH excluding ortho intramolecular Hbond substituents is 1. The lowest BCUT2D eigenvalue weighted by Gasteiger charge is -2.46. The second-order valence-corrected chi connectivity index (χ2v) is 16.0. The van der Waals surface area contributed by atoms with Crippen LogP contribution in [-0.4, -0.2) is 170 Å². The summed E-state index contributed by atoms with van der Waals surface area (Å²) in [7, 11) is 1.43. The van der Waals surface area contributed by atoms with Gasteiger partial charge in [-0.1, -0.05) is 11.6 Å². The van der Waals surface area contributed by atoms with Gasteiger partial charge in [-0.15, -0.1) is 0 Å². The second kappa shape index (κ2) is 20.7. The molecule has 3 aromatic rings. The molecule has 0 spiro atoms. The second-order valence-electron chi connectivity index (χ2n) is 16.0. The van der Waals surface area contributed by atoms with Gasteiger partial charge in [0.15, 0.2) is 30.4 Å². The first-order chi connectivity index (χ1) is 30.8. The number of esters is 2. The molecule has 15 atom stereocenters. The minimum absolute atomic E-state index is 0.0262. The summed E-state index contributed by atoms with van der Waals surface area (Å²) >= 11 is 0. The highest BCUT2D eigenvalue weighted by Gasteiger charge is 2.53. The van der Waals surface area contributed by atoms with E-state index in [0.29, 0.717) is 5.75 Å². The molecule has 4 heterocycles. The van der Waals surface area contributed by atoms with Gasteiger partial charge in [0.05, 0.1) is 26.4 Å². The van der Waals surface area contributed by atoms with Crippen molar-refractivity contribution in [3.63, 3.8) is 0 Å². The highest BCUT2D eigenvalue weighted by molar-refractivity contribution is 5.91. The van der Waals surface area contributed by atoms with Gasteiger partial charge in [-0.05, 0) is 51.5 Å². The van der Waals surface area contributed by atoms with Crippen molar-refractivity contribution in [2.45, 2.75) is 133 Å². The van der Waals surface area contributed by atoms with Crippen LogP contribution < -0.4 is 19.6 Å². The Hall–Kier alpha value is -4.95. The third kappa shape index (κ3) is 10.4. The number of aromatic hydroxyl groups is 1. The van der Waals surface area contributed by atoms with Crippen LogP contribution in [0.3, 0.4) is 0 Å². The molecule has 0 saturated carbocycles. The van der Waals surface area contributed by atoms with E-state index in [4.69, 9.17) is 47.0 Å². The molecule has 15 unspecified atom stereocenters. The number of methoxy groups -OCH3 is 1. The molecule has 0 radical (unpaired) electrons. The predicted octanol–water partition coefficient (Wildman–Crippen LogP) is -0.966. The molecule has 3 saturated heterocycles. The molecule has 6 rings (SSSR count). The van der Waals surface area contributed by atoms with Gasteiger partial charge in [0.2, 0.25) is 23.8 Å². The lowest BCUT2D eigenvalue weighted by molar-refractivity contribution is -0.356. The van der Waals surface area contributed by atoms with Crippen molar-refractivity contribution in [2.75, 3.05) is 20.3 Å². The zero-order valence-electron chi connectivity index (χ0n) is 36.1. The van der Waals surface area contributed by atoms with E-state index in [0.717, 1.165) is 25.5 Å². The maximum atomic E-state index is 15.0. The third-order valence-electron chi connectivity index (χ3n) is 11.0. The summed E-state index contributed by atoms with van der Waals surface area (Å²) in [6.45, 7) is 5.47. The van der Waals surface area contributed by atoms with Gasteiger partial charge in [-0.25, -0.2) is 0 Å². The number of carbonyl (C=O) groups excluding carboxylic acids is 2. The molecule has 9 N–H and O–H groups in total. The molecule has 65 heavy (non-hydrogen) atoms. The molecule has 22 nitrogen and oxygen atoms in total. The van der Waals surface area contributed by atoms with Crippen molar-refractivity contribution in [2.24, 2.45) is 0 Å². The van der Waals surface area contributed by atoms with Gasteiger partial charge in [0.25, 0.3) is 0 Å². The zero-order chi connectivity index (χ0) is 47.6. The number of allylic oxidation sites excluding steroid dienone is 2. The summed E-state index contributed by atoms with van der Waals surface area (Å²) < 4.78 is 57.9. The average Bonchev–Trinajstić information content (AvgIpc) is 3.26. The van der Waals surface area contributed by atoms with Gasteiger partial charge in [-0.2, -0.15) is 0 Å². The fourth-order valence-corrected chi connectivity index (χ4v) is 7.65. The average molecular weight is 923 g/mol. The number of hydrogen-bond acceptors (Lipinski definition) is 22. The third-order valence-corrected chi connectivity index (χ3v) is 11.0. The molecule has 3 aliphatic heterocycles. The van der Waals surface area contributed by atoms with E-state index in [-0.39, 0.29) is 34.6 Å². The zero-order valence-corrected chi connectivity index (χ0v) is 36.1. The highest BCUT2D eigenvalue weighted by atomic mass is 16.8. The number of phenols is 1. The van der Waals surface area contributed by atoms with E-state index in [1.165, 1.54) is 38.3 Å². The fourth-order valence-electron chi connectivity index (χ4n) is 7.65.